The van der Waals surface area contributed by atoms with Gasteiger partial charge in [-0.1, -0.05) is 34.7 Å². The van der Waals surface area contributed by atoms with Crippen molar-refractivity contribution in [3.05, 3.63) is 69.3 Å². The van der Waals surface area contributed by atoms with Gasteiger partial charge in [-0.05, 0) is 35.4 Å². The second-order valence-corrected chi connectivity index (χ2v) is 6.65. The number of hydrogen-bond donors (Lipinski definition) is 4. The lowest BCUT2D eigenvalue weighted by Crippen LogP contribution is -2.12. The fourth-order valence-electron chi connectivity index (χ4n) is 2.53. The van der Waals surface area contributed by atoms with E-state index >= 15 is 0 Å². The molecular formula is C18H15IN6O4. The summed E-state index contributed by atoms with van der Waals surface area (Å²) in [7, 11) is 0. The number of nitro groups is 1. The van der Waals surface area contributed by atoms with Crippen LogP contribution in [-0.4, -0.2) is 32.3 Å². The van der Waals surface area contributed by atoms with E-state index in [1.54, 1.807) is 0 Å². The molecule has 1 amide bonds. The zero-order valence-electron chi connectivity index (χ0n) is 14.8. The number of aromatic nitrogens is 2. The van der Waals surface area contributed by atoms with E-state index < -0.39 is 22.3 Å². The first-order valence-electron chi connectivity index (χ1n) is 8.20. The first kappa shape index (κ1) is 20.3. The van der Waals surface area contributed by atoms with Gasteiger partial charge in [0.05, 0.1) is 4.92 Å². The number of amides is 1. The number of anilines is 2. The van der Waals surface area contributed by atoms with Crippen molar-refractivity contribution in [1.29, 1.82) is 0 Å². The van der Waals surface area contributed by atoms with E-state index in [1.165, 1.54) is 18.3 Å². The van der Waals surface area contributed by atoms with Crippen LogP contribution in [-0.2, 0) is 4.43 Å². The number of rotatable bonds is 7. The number of carbonyl (C=O) groups excluding carboxylic acids is 1. The molecule has 0 aliphatic rings. The lowest BCUT2D eigenvalue weighted by molar-refractivity contribution is -0.385. The second-order valence-electron chi connectivity index (χ2n) is 5.88. The quantitative estimate of drug-likeness (QED) is 0.126. The first-order valence-corrected chi connectivity index (χ1v) is 9.73. The molecule has 2 aromatic carbocycles. The summed E-state index contributed by atoms with van der Waals surface area (Å²) in [4.78, 5) is 26.1. The van der Waals surface area contributed by atoms with Gasteiger partial charge < -0.3 is 16.2 Å². The van der Waals surface area contributed by atoms with E-state index in [0.717, 1.165) is 21.7 Å². The second kappa shape index (κ2) is 8.68. The standard InChI is InChI=1S/C18H15IN6O4/c19-8-10-2-1-3-12(6-10)22-18-15(16(20)27)17(23-24-18)21-9-11-4-5-13(25(28)29)14(26)7-11/h1-7,9,26H,8H2,(H2,20,27)(H2,22,23,24)/b21-9+. The summed E-state index contributed by atoms with van der Waals surface area (Å²) in [5.41, 5.74) is 7.36. The number of benzene rings is 2. The first-order chi connectivity index (χ1) is 13.9. The molecular weight excluding hydrogens is 491 g/mol. The van der Waals surface area contributed by atoms with Crippen LogP contribution in [0.4, 0.5) is 23.0 Å². The van der Waals surface area contributed by atoms with Crippen LogP contribution in [0, 0.1) is 10.1 Å². The van der Waals surface area contributed by atoms with Gasteiger partial charge in [-0.25, -0.2) is 4.99 Å². The Morgan fingerprint density at radius 2 is 2.17 bits per heavy atom. The summed E-state index contributed by atoms with van der Waals surface area (Å²) < 4.78 is 0.828. The van der Waals surface area contributed by atoms with Crippen molar-refractivity contribution in [1.82, 2.24) is 10.2 Å². The number of aromatic hydroxyl groups is 1. The number of alkyl halides is 1. The SMILES string of the molecule is NC(=O)c1c(Nc2cccc(CI)c2)n[nH]c1/N=C/c1ccc([N+](=O)[O-])c(O)c1. The van der Waals surface area contributed by atoms with Crippen LogP contribution in [0.1, 0.15) is 21.5 Å². The van der Waals surface area contributed by atoms with E-state index in [9.17, 15) is 20.0 Å². The molecule has 0 saturated heterocycles. The minimum Gasteiger partial charge on any atom is -0.502 e. The van der Waals surface area contributed by atoms with Gasteiger partial charge in [0.25, 0.3) is 5.91 Å². The third-order valence-electron chi connectivity index (χ3n) is 3.88. The molecule has 11 heteroatoms. The number of H-pyrrole nitrogens is 1. The Bertz CT molecular complexity index is 1110. The van der Waals surface area contributed by atoms with Gasteiger partial charge in [0.2, 0.25) is 0 Å². The van der Waals surface area contributed by atoms with Crippen LogP contribution in [0.5, 0.6) is 5.75 Å². The number of nitrogens with two attached hydrogens (primary N) is 1. The third kappa shape index (κ3) is 4.68. The summed E-state index contributed by atoms with van der Waals surface area (Å²) >= 11 is 2.25. The highest BCUT2D eigenvalue weighted by atomic mass is 127. The predicted molar refractivity (Wildman–Crippen MR) is 117 cm³/mol. The van der Waals surface area contributed by atoms with Crippen LogP contribution in [0.25, 0.3) is 0 Å². The van der Waals surface area contributed by atoms with Crippen LogP contribution in [0.2, 0.25) is 0 Å². The van der Waals surface area contributed by atoms with Crippen molar-refractivity contribution in [3.63, 3.8) is 0 Å². The number of primary amides is 1. The van der Waals surface area contributed by atoms with Crippen LogP contribution >= 0.6 is 22.6 Å². The van der Waals surface area contributed by atoms with Gasteiger partial charge in [-0.2, -0.15) is 5.10 Å². The molecule has 10 nitrogen and oxygen atoms in total. The lowest BCUT2D eigenvalue weighted by atomic mass is 10.2. The number of aliphatic imine (C=N–C) groups is 1. The van der Waals surface area contributed by atoms with Crippen LogP contribution in [0.3, 0.4) is 0 Å². The molecule has 0 aliphatic carbocycles. The zero-order chi connectivity index (χ0) is 21.0. The number of halogens is 1. The minimum absolute atomic E-state index is 0.0623. The zero-order valence-corrected chi connectivity index (χ0v) is 17.0. The monoisotopic (exact) mass is 506 g/mol. The van der Waals surface area contributed by atoms with Crippen molar-refractivity contribution >= 4 is 57.7 Å². The number of nitro benzene ring substituents is 1. The maximum Gasteiger partial charge on any atom is 0.310 e. The highest BCUT2D eigenvalue weighted by Gasteiger charge is 2.18. The van der Waals surface area contributed by atoms with Gasteiger partial charge in [0.15, 0.2) is 17.4 Å². The predicted octanol–water partition coefficient (Wildman–Crippen LogP) is 3.55. The number of aromatic amines is 1. The maximum absolute atomic E-state index is 11.9. The van der Waals surface area contributed by atoms with Crippen LogP contribution in [0.15, 0.2) is 47.5 Å². The summed E-state index contributed by atoms with van der Waals surface area (Å²) in [6.45, 7) is 0. The van der Waals surface area contributed by atoms with E-state index in [1.807, 2.05) is 24.3 Å². The van der Waals surface area contributed by atoms with Crippen molar-refractivity contribution in [3.8, 4) is 5.75 Å². The Morgan fingerprint density at radius 3 is 2.83 bits per heavy atom. The molecule has 0 atom stereocenters. The third-order valence-corrected chi connectivity index (χ3v) is 4.76. The molecule has 0 radical (unpaired) electrons. The molecule has 0 unspecified atom stereocenters. The molecule has 0 bridgehead atoms. The number of nitrogens with one attached hydrogen (secondary N) is 2. The maximum atomic E-state index is 11.9. The Hall–Kier alpha value is -3.48. The van der Waals surface area contributed by atoms with E-state index in [-0.39, 0.29) is 17.2 Å². The molecule has 1 aromatic heterocycles. The number of phenols is 1. The Kier molecular flexibility index (Phi) is 6.07. The van der Waals surface area contributed by atoms with Gasteiger partial charge in [0, 0.05) is 22.4 Å². The normalized spacial score (nSPS) is 10.9. The van der Waals surface area contributed by atoms with Gasteiger partial charge >= 0.3 is 5.69 Å². The summed E-state index contributed by atoms with van der Waals surface area (Å²) in [5, 5.41) is 30.2. The molecule has 0 aliphatic heterocycles. The Balaban J connectivity index is 1.88. The average molecular weight is 506 g/mol. The molecule has 0 fully saturated rings. The van der Waals surface area contributed by atoms with E-state index in [0.29, 0.717) is 5.56 Å². The molecule has 148 valence electrons. The van der Waals surface area contributed by atoms with E-state index in [2.05, 4.69) is 43.1 Å². The molecule has 5 N–H and O–H groups in total. The fraction of sp³-hybridized carbons (Fsp3) is 0.0556. The number of carbonyl (C=O) groups is 1. The number of phenolic OH excluding ortho intramolecular Hbond substituents is 1. The molecule has 29 heavy (non-hydrogen) atoms. The molecule has 0 spiro atoms. The van der Waals surface area contributed by atoms with Crippen molar-refractivity contribution < 1.29 is 14.8 Å². The highest BCUT2D eigenvalue weighted by molar-refractivity contribution is 14.1. The average Bonchev–Trinajstić information content (AvgIpc) is 3.09. The fourth-order valence-corrected chi connectivity index (χ4v) is 3.01. The van der Waals surface area contributed by atoms with Crippen LogP contribution < -0.4 is 11.1 Å². The smallest absolute Gasteiger partial charge is 0.310 e. The minimum atomic E-state index is -0.731. The molecule has 3 rings (SSSR count). The summed E-state index contributed by atoms with van der Waals surface area (Å²) in [6.07, 6.45) is 1.32. The number of nitrogens with zero attached hydrogens (tertiary/aromatic N) is 3. The molecule has 1 heterocycles. The molecule has 0 saturated carbocycles. The summed E-state index contributed by atoms with van der Waals surface area (Å²) in [5.74, 6) is -0.883. The van der Waals surface area contributed by atoms with Crippen molar-refractivity contribution in [2.75, 3.05) is 5.32 Å². The largest absolute Gasteiger partial charge is 0.502 e. The Morgan fingerprint density at radius 1 is 1.38 bits per heavy atom. The topological polar surface area (TPSA) is 160 Å². The summed E-state index contributed by atoms with van der Waals surface area (Å²) in [6, 6.07) is 11.4. The highest BCUT2D eigenvalue weighted by Crippen LogP contribution is 2.28. The molecule has 3 aromatic rings. The van der Waals surface area contributed by atoms with Crippen molar-refractivity contribution in [2.24, 2.45) is 10.7 Å². The van der Waals surface area contributed by atoms with E-state index in [4.69, 9.17) is 5.73 Å². The van der Waals surface area contributed by atoms with Crippen molar-refractivity contribution in [2.45, 2.75) is 4.43 Å². The van der Waals surface area contributed by atoms with Gasteiger partial charge in [-0.3, -0.25) is 20.0 Å². The Labute approximate surface area is 178 Å². The van der Waals surface area contributed by atoms with Gasteiger partial charge in [0.1, 0.15) is 5.56 Å². The van der Waals surface area contributed by atoms with Gasteiger partial charge in [-0.15, -0.1) is 0 Å². The number of hydrogen-bond acceptors (Lipinski definition) is 7. The lowest BCUT2D eigenvalue weighted by Gasteiger charge is -2.06.